The van der Waals surface area contributed by atoms with Gasteiger partial charge >= 0.3 is 0 Å². The number of aromatic nitrogens is 1. The largest absolute Gasteiger partial charge is 0.508 e. The third kappa shape index (κ3) is 7.60. The lowest BCUT2D eigenvalue weighted by Gasteiger charge is -2.36. The summed E-state index contributed by atoms with van der Waals surface area (Å²) in [4.78, 5) is 19.9. The van der Waals surface area contributed by atoms with Gasteiger partial charge in [0, 0.05) is 28.0 Å². The van der Waals surface area contributed by atoms with Crippen LogP contribution in [0, 0.1) is 12.3 Å². The maximum Gasteiger partial charge on any atom is 0.227 e. The summed E-state index contributed by atoms with van der Waals surface area (Å²) in [6.07, 6.45) is 6.48. The van der Waals surface area contributed by atoms with Crippen molar-refractivity contribution in [2.24, 2.45) is 5.41 Å². The molecule has 1 atom stereocenters. The van der Waals surface area contributed by atoms with E-state index in [1.54, 1.807) is 24.3 Å². The molecule has 0 fully saturated rings. The van der Waals surface area contributed by atoms with E-state index in [0.29, 0.717) is 18.4 Å². The van der Waals surface area contributed by atoms with Gasteiger partial charge in [-0.2, -0.15) is 0 Å². The van der Waals surface area contributed by atoms with Gasteiger partial charge in [-0.15, -0.1) is 12.6 Å². The number of hydrogen-bond acceptors (Lipinski definition) is 3. The van der Waals surface area contributed by atoms with Crippen LogP contribution in [0.1, 0.15) is 102 Å². The lowest BCUT2D eigenvalue weighted by Crippen LogP contribution is -2.41. The average Bonchev–Trinajstić information content (AvgIpc) is 3.34. The van der Waals surface area contributed by atoms with Crippen molar-refractivity contribution in [1.29, 1.82) is 0 Å². The Morgan fingerprint density at radius 1 is 0.929 bits per heavy atom. The minimum atomic E-state index is -0.162. The summed E-state index contributed by atoms with van der Waals surface area (Å²) in [5.74, 6) is 0.286. The summed E-state index contributed by atoms with van der Waals surface area (Å²) in [6, 6.07) is 21.3. The molecule has 1 aliphatic heterocycles. The van der Waals surface area contributed by atoms with E-state index in [1.165, 1.54) is 42.2 Å². The third-order valence-corrected chi connectivity index (χ3v) is 9.39. The van der Waals surface area contributed by atoms with Crippen LogP contribution >= 0.6 is 12.6 Å². The zero-order valence-electron chi connectivity index (χ0n) is 24.6. The molecule has 1 aromatic heterocycles. The normalized spacial score (nSPS) is 14.2. The fourth-order valence-electron chi connectivity index (χ4n) is 6.03. The second-order valence-electron chi connectivity index (χ2n) is 11.2. The SMILES string of the molecule is C.C.CCC(CC)(CC)CC.Cc1ccc(C2c3[nH]c4ccc(S)cc4c3CCN2C(=O)Cc2ccc(O)cc2)cc1. The monoisotopic (exact) mass is 588 g/mol. The topological polar surface area (TPSA) is 56.3 Å². The van der Waals surface area contributed by atoms with Crippen LogP contribution in [-0.4, -0.2) is 27.4 Å². The zero-order chi connectivity index (χ0) is 28.9. The second-order valence-corrected chi connectivity index (χ2v) is 11.7. The number of benzene rings is 3. The molecule has 0 radical (unpaired) electrons. The molecule has 42 heavy (non-hydrogen) atoms. The number of nitrogens with zero attached hydrogens (tertiary/aromatic N) is 1. The van der Waals surface area contributed by atoms with Gasteiger partial charge in [0.2, 0.25) is 5.91 Å². The Balaban J connectivity index is 0.000000491. The molecule has 1 aliphatic rings. The number of carbonyl (C=O) groups excluding carboxylic acids is 1. The predicted octanol–water partition coefficient (Wildman–Crippen LogP) is 10.1. The van der Waals surface area contributed by atoms with Gasteiger partial charge in [-0.3, -0.25) is 4.79 Å². The zero-order valence-corrected chi connectivity index (χ0v) is 25.5. The molecule has 2 heterocycles. The van der Waals surface area contributed by atoms with Crippen molar-refractivity contribution in [2.45, 2.75) is 98.9 Å². The van der Waals surface area contributed by atoms with E-state index < -0.39 is 0 Å². The molecule has 0 aliphatic carbocycles. The smallest absolute Gasteiger partial charge is 0.227 e. The first-order valence-electron chi connectivity index (χ1n) is 14.7. The van der Waals surface area contributed by atoms with Crippen LogP contribution in [0.5, 0.6) is 5.75 Å². The first-order chi connectivity index (χ1) is 19.2. The molecule has 4 aromatic rings. The molecule has 4 nitrogen and oxygen atoms in total. The minimum absolute atomic E-state index is 0. The van der Waals surface area contributed by atoms with Gasteiger partial charge in [0.15, 0.2) is 0 Å². The summed E-state index contributed by atoms with van der Waals surface area (Å²) in [6.45, 7) is 11.9. The first-order valence-corrected chi connectivity index (χ1v) is 15.2. The Kier molecular flexibility index (Phi) is 12.8. The molecule has 5 heteroatoms. The summed E-state index contributed by atoms with van der Waals surface area (Å²) in [7, 11) is 0. The number of nitrogens with one attached hydrogen (secondary N) is 1. The highest BCUT2D eigenvalue weighted by molar-refractivity contribution is 7.80. The summed E-state index contributed by atoms with van der Waals surface area (Å²) >= 11 is 4.52. The Morgan fingerprint density at radius 3 is 2.07 bits per heavy atom. The standard InChI is InChI=1S/C26H24N2O2S.C9H20.2CH4/c1-16-2-6-18(7-3-16)26-25-21(22-15-20(31)10-11-23(22)27-25)12-13-28(26)24(30)14-17-4-8-19(29)9-5-17;1-5-9(6-2,7-3)8-4;;/h2-11,15,26-27,29,31H,12-14H2,1H3;5-8H2,1-4H3;2*1H4. The lowest BCUT2D eigenvalue weighted by atomic mass is 9.78. The second kappa shape index (κ2) is 15.3. The van der Waals surface area contributed by atoms with Crippen LogP contribution in [0.4, 0.5) is 0 Å². The lowest BCUT2D eigenvalue weighted by molar-refractivity contribution is -0.132. The number of amides is 1. The van der Waals surface area contributed by atoms with Gasteiger partial charge < -0.3 is 15.0 Å². The van der Waals surface area contributed by atoms with Gasteiger partial charge in [-0.25, -0.2) is 0 Å². The molecule has 1 amide bonds. The van der Waals surface area contributed by atoms with Crippen molar-refractivity contribution in [2.75, 3.05) is 6.54 Å². The highest BCUT2D eigenvalue weighted by Gasteiger charge is 2.34. The van der Waals surface area contributed by atoms with Crippen LogP contribution in [0.2, 0.25) is 0 Å². The number of phenolic OH excluding ortho intramolecular Hbond substituents is 1. The number of thiol groups is 1. The van der Waals surface area contributed by atoms with E-state index in [-0.39, 0.29) is 32.6 Å². The van der Waals surface area contributed by atoms with Crippen LogP contribution < -0.4 is 0 Å². The number of rotatable bonds is 7. The fraction of sp³-hybridized carbons (Fsp3) is 0.432. The number of H-pyrrole nitrogens is 1. The van der Waals surface area contributed by atoms with Gasteiger partial charge in [-0.05, 0) is 65.8 Å². The molecular formula is C37H52N2O2S. The highest BCUT2D eigenvalue weighted by atomic mass is 32.1. The van der Waals surface area contributed by atoms with Gasteiger partial charge in [0.25, 0.3) is 0 Å². The highest BCUT2D eigenvalue weighted by Crippen LogP contribution is 2.39. The molecule has 5 rings (SSSR count). The molecule has 1 unspecified atom stereocenters. The van der Waals surface area contributed by atoms with E-state index in [2.05, 4.69) is 88.6 Å². The van der Waals surface area contributed by atoms with Crippen molar-refractivity contribution in [3.8, 4) is 5.75 Å². The molecular weight excluding hydrogens is 536 g/mol. The van der Waals surface area contributed by atoms with Crippen molar-refractivity contribution >= 4 is 29.4 Å². The number of aromatic hydroxyl groups is 1. The van der Waals surface area contributed by atoms with E-state index in [0.717, 1.165) is 33.7 Å². The van der Waals surface area contributed by atoms with E-state index in [1.807, 2.05) is 11.0 Å². The van der Waals surface area contributed by atoms with Crippen molar-refractivity contribution in [3.05, 3.63) is 94.7 Å². The third-order valence-electron chi connectivity index (χ3n) is 9.12. The quantitative estimate of drug-likeness (QED) is 0.188. The van der Waals surface area contributed by atoms with Crippen molar-refractivity contribution in [3.63, 3.8) is 0 Å². The predicted molar refractivity (Wildman–Crippen MR) is 183 cm³/mol. The van der Waals surface area contributed by atoms with E-state index in [4.69, 9.17) is 0 Å². The Morgan fingerprint density at radius 2 is 1.52 bits per heavy atom. The number of phenols is 1. The van der Waals surface area contributed by atoms with Crippen molar-refractivity contribution < 1.29 is 9.90 Å². The molecule has 3 aromatic carbocycles. The molecule has 0 saturated carbocycles. The van der Waals surface area contributed by atoms with E-state index >= 15 is 0 Å². The van der Waals surface area contributed by atoms with Crippen LogP contribution in [0.25, 0.3) is 10.9 Å². The molecule has 0 saturated heterocycles. The number of aromatic amines is 1. The summed E-state index contributed by atoms with van der Waals surface area (Å²) in [5.41, 5.74) is 7.29. The average molecular weight is 589 g/mol. The molecule has 0 bridgehead atoms. The Labute approximate surface area is 260 Å². The first kappa shape index (κ1) is 35.0. The summed E-state index contributed by atoms with van der Waals surface area (Å²) in [5, 5.41) is 10.7. The van der Waals surface area contributed by atoms with Crippen LogP contribution in [0.15, 0.2) is 71.6 Å². The Hall–Kier alpha value is -3.18. The van der Waals surface area contributed by atoms with Crippen molar-refractivity contribution in [1.82, 2.24) is 9.88 Å². The maximum absolute atomic E-state index is 13.4. The molecule has 0 spiro atoms. The number of aryl methyl sites for hydroxylation is 1. The van der Waals surface area contributed by atoms with Gasteiger partial charge in [0.05, 0.1) is 12.5 Å². The number of hydrogen-bond donors (Lipinski definition) is 3. The molecule has 2 N–H and O–H groups in total. The summed E-state index contributed by atoms with van der Waals surface area (Å²) < 4.78 is 0. The van der Waals surface area contributed by atoms with Gasteiger partial charge in [0.1, 0.15) is 5.75 Å². The van der Waals surface area contributed by atoms with Crippen LogP contribution in [-0.2, 0) is 17.6 Å². The minimum Gasteiger partial charge on any atom is -0.508 e. The number of fused-ring (bicyclic) bond motifs is 3. The van der Waals surface area contributed by atoms with E-state index in [9.17, 15) is 9.90 Å². The maximum atomic E-state index is 13.4. The fourth-order valence-corrected chi connectivity index (χ4v) is 6.23. The number of carbonyl (C=O) groups is 1. The van der Waals surface area contributed by atoms with Crippen LogP contribution in [0.3, 0.4) is 0 Å². The Bertz CT molecular complexity index is 1400. The molecule has 228 valence electrons. The van der Waals surface area contributed by atoms with Gasteiger partial charge in [-0.1, -0.05) is 110 Å².